The fraction of sp³-hybridized carbons (Fsp3) is 0.333. The van der Waals surface area contributed by atoms with Crippen LogP contribution in [0.25, 0.3) is 5.69 Å². The van der Waals surface area contributed by atoms with Crippen molar-refractivity contribution < 1.29 is 13.2 Å². The molecule has 4 rings (SSSR count). The number of imidazole rings is 1. The van der Waals surface area contributed by atoms with Crippen molar-refractivity contribution in [1.82, 2.24) is 19.2 Å². The van der Waals surface area contributed by atoms with Crippen molar-refractivity contribution in [2.24, 2.45) is 5.92 Å². The van der Waals surface area contributed by atoms with Crippen molar-refractivity contribution in [1.29, 1.82) is 0 Å². The van der Waals surface area contributed by atoms with Crippen LogP contribution in [0.4, 0.5) is 0 Å². The van der Waals surface area contributed by atoms with Crippen LogP contribution >= 0.6 is 11.3 Å². The number of aromatic nitrogens is 2. The van der Waals surface area contributed by atoms with Crippen molar-refractivity contribution in [3.05, 3.63) is 65.6 Å². The van der Waals surface area contributed by atoms with E-state index >= 15 is 0 Å². The van der Waals surface area contributed by atoms with Crippen LogP contribution in [-0.2, 0) is 21.4 Å². The topological polar surface area (TPSA) is 84.3 Å². The van der Waals surface area contributed by atoms with Gasteiger partial charge >= 0.3 is 0 Å². The number of hydrogen-bond donors (Lipinski definition) is 1. The van der Waals surface area contributed by atoms with E-state index in [1.165, 1.54) is 15.6 Å². The number of benzene rings is 1. The molecule has 1 amide bonds. The van der Waals surface area contributed by atoms with Crippen LogP contribution in [0, 0.1) is 12.8 Å². The first-order valence-electron chi connectivity index (χ1n) is 9.86. The Bertz CT molecular complexity index is 1100. The smallest absolute Gasteiger partial charge is 0.252 e. The molecule has 1 aliphatic rings. The number of rotatable bonds is 6. The van der Waals surface area contributed by atoms with E-state index in [9.17, 15) is 13.2 Å². The first-order valence-corrected chi connectivity index (χ1v) is 12.2. The number of aryl methyl sites for hydroxylation is 1. The molecular formula is C21H24N4O3S2. The van der Waals surface area contributed by atoms with Crippen LogP contribution in [0.3, 0.4) is 0 Å². The second-order valence-corrected chi connectivity index (χ2v) is 10.5. The molecule has 1 aliphatic heterocycles. The van der Waals surface area contributed by atoms with Crippen molar-refractivity contribution in [3.63, 3.8) is 0 Å². The van der Waals surface area contributed by atoms with Crippen LogP contribution in [0.1, 0.15) is 24.2 Å². The molecule has 3 aromatic rings. The standard InChI is InChI=1S/C21H24N4O3S2/c1-16-22-10-13-25(16)19-6-4-17(5-7-19)15-23-21(26)18-8-11-24(12-9-18)30(27,28)20-3-2-14-29-20/h2-7,10,13-14,18H,8-9,11-12,15H2,1H3,(H,23,26). The predicted octanol–water partition coefficient (Wildman–Crippen LogP) is 2.96. The van der Waals surface area contributed by atoms with Crippen molar-refractivity contribution in [2.45, 2.75) is 30.5 Å². The highest BCUT2D eigenvalue weighted by Gasteiger charge is 2.32. The van der Waals surface area contributed by atoms with Crippen molar-refractivity contribution in [2.75, 3.05) is 13.1 Å². The summed E-state index contributed by atoms with van der Waals surface area (Å²) in [5, 5.41) is 4.75. The van der Waals surface area contributed by atoms with Crippen LogP contribution in [0.5, 0.6) is 0 Å². The summed E-state index contributed by atoms with van der Waals surface area (Å²) in [7, 11) is -3.44. The molecule has 0 aliphatic carbocycles. The summed E-state index contributed by atoms with van der Waals surface area (Å²) in [6.07, 6.45) is 4.75. The monoisotopic (exact) mass is 444 g/mol. The Labute approximate surface area is 180 Å². The van der Waals surface area contributed by atoms with Gasteiger partial charge in [0, 0.05) is 43.6 Å². The van der Waals surface area contributed by atoms with Crippen molar-refractivity contribution >= 4 is 27.3 Å². The fourth-order valence-electron chi connectivity index (χ4n) is 3.65. The largest absolute Gasteiger partial charge is 0.352 e. The van der Waals surface area contributed by atoms with Crippen LogP contribution < -0.4 is 5.32 Å². The molecule has 0 spiro atoms. The zero-order valence-electron chi connectivity index (χ0n) is 16.7. The summed E-state index contributed by atoms with van der Waals surface area (Å²) < 4.78 is 29.0. The number of piperidine rings is 1. The number of nitrogens with zero attached hydrogens (tertiary/aromatic N) is 3. The van der Waals surface area contributed by atoms with E-state index in [1.54, 1.807) is 23.7 Å². The third kappa shape index (κ3) is 4.33. The molecule has 0 unspecified atom stereocenters. The van der Waals surface area contributed by atoms with E-state index in [0.29, 0.717) is 36.7 Å². The highest BCUT2D eigenvalue weighted by Crippen LogP contribution is 2.26. The van der Waals surface area contributed by atoms with Gasteiger partial charge in [0.25, 0.3) is 10.0 Å². The minimum Gasteiger partial charge on any atom is -0.352 e. The number of amides is 1. The molecule has 2 aromatic heterocycles. The summed E-state index contributed by atoms with van der Waals surface area (Å²) in [6, 6.07) is 11.4. The number of sulfonamides is 1. The number of carbonyl (C=O) groups is 1. The lowest BCUT2D eigenvalue weighted by Gasteiger charge is -2.30. The first kappa shape index (κ1) is 20.8. The van der Waals surface area contributed by atoms with Crippen LogP contribution in [0.2, 0.25) is 0 Å². The molecule has 3 heterocycles. The van der Waals surface area contributed by atoms with Crippen molar-refractivity contribution in [3.8, 4) is 5.69 Å². The second kappa shape index (κ2) is 8.71. The molecule has 7 nitrogen and oxygen atoms in total. The van der Waals surface area contributed by atoms with Gasteiger partial charge in [-0.05, 0) is 48.9 Å². The molecule has 1 saturated heterocycles. The summed E-state index contributed by atoms with van der Waals surface area (Å²) in [5.74, 6) is 0.744. The number of nitrogens with one attached hydrogen (secondary N) is 1. The van der Waals surface area contributed by atoms with Gasteiger partial charge in [0.2, 0.25) is 5.91 Å². The molecule has 1 fully saturated rings. The van der Waals surface area contributed by atoms with E-state index < -0.39 is 10.0 Å². The molecule has 0 atom stereocenters. The van der Waals surface area contributed by atoms with Gasteiger partial charge in [-0.15, -0.1) is 11.3 Å². The summed E-state index contributed by atoms with van der Waals surface area (Å²) in [6.45, 7) is 3.15. The molecule has 30 heavy (non-hydrogen) atoms. The molecule has 1 N–H and O–H groups in total. The number of hydrogen-bond acceptors (Lipinski definition) is 5. The first-order chi connectivity index (χ1) is 14.4. The summed E-state index contributed by atoms with van der Waals surface area (Å²) in [5.41, 5.74) is 2.04. The summed E-state index contributed by atoms with van der Waals surface area (Å²) >= 11 is 1.22. The maximum Gasteiger partial charge on any atom is 0.252 e. The highest BCUT2D eigenvalue weighted by atomic mass is 32.2. The van der Waals surface area contributed by atoms with E-state index in [2.05, 4.69) is 10.3 Å². The SMILES string of the molecule is Cc1nccn1-c1ccc(CNC(=O)C2CCN(S(=O)(=O)c3cccs3)CC2)cc1. The Morgan fingerprint density at radius 2 is 1.93 bits per heavy atom. The number of carbonyl (C=O) groups excluding carboxylic acids is 1. The Morgan fingerprint density at radius 1 is 1.20 bits per heavy atom. The third-order valence-electron chi connectivity index (χ3n) is 5.42. The van der Waals surface area contributed by atoms with Gasteiger partial charge in [-0.3, -0.25) is 4.79 Å². The van der Waals surface area contributed by atoms with Crippen LogP contribution in [0.15, 0.2) is 58.4 Å². The predicted molar refractivity (Wildman–Crippen MR) is 116 cm³/mol. The Balaban J connectivity index is 1.29. The Kier molecular flexibility index (Phi) is 6.03. The molecular weight excluding hydrogens is 420 g/mol. The molecule has 0 bridgehead atoms. The van der Waals surface area contributed by atoms with Gasteiger partial charge in [-0.2, -0.15) is 4.31 Å². The summed E-state index contributed by atoms with van der Waals surface area (Å²) in [4.78, 5) is 16.8. The average Bonchev–Trinajstić information content (AvgIpc) is 3.45. The fourth-order valence-corrected chi connectivity index (χ4v) is 6.27. The lowest BCUT2D eigenvalue weighted by molar-refractivity contribution is -0.126. The van der Waals surface area contributed by atoms with E-state index in [-0.39, 0.29) is 11.8 Å². The normalized spacial score (nSPS) is 15.9. The molecule has 0 radical (unpaired) electrons. The van der Waals surface area contributed by atoms with Gasteiger partial charge in [-0.25, -0.2) is 13.4 Å². The van der Waals surface area contributed by atoms with E-state index in [4.69, 9.17) is 0 Å². The zero-order valence-corrected chi connectivity index (χ0v) is 18.3. The third-order valence-corrected chi connectivity index (χ3v) is 8.69. The Hall–Kier alpha value is -2.49. The average molecular weight is 445 g/mol. The van der Waals surface area contributed by atoms with Gasteiger partial charge in [0.1, 0.15) is 10.0 Å². The quantitative estimate of drug-likeness (QED) is 0.634. The van der Waals surface area contributed by atoms with Gasteiger partial charge in [0.15, 0.2) is 0 Å². The zero-order chi connectivity index (χ0) is 21.1. The number of thiophene rings is 1. The molecule has 158 valence electrons. The van der Waals surface area contributed by atoms with Gasteiger partial charge in [0.05, 0.1) is 0 Å². The minimum atomic E-state index is -3.44. The maximum absolute atomic E-state index is 12.6. The molecule has 1 aromatic carbocycles. The minimum absolute atomic E-state index is 0.0160. The maximum atomic E-state index is 12.6. The van der Waals surface area contributed by atoms with Crippen LogP contribution in [-0.4, -0.2) is 41.3 Å². The van der Waals surface area contributed by atoms with Gasteiger partial charge < -0.3 is 9.88 Å². The molecule has 0 saturated carbocycles. The highest BCUT2D eigenvalue weighted by molar-refractivity contribution is 7.91. The Morgan fingerprint density at radius 3 is 2.53 bits per heavy atom. The lowest BCUT2D eigenvalue weighted by Crippen LogP contribution is -2.42. The molecule has 9 heteroatoms. The van der Waals surface area contributed by atoms with Gasteiger partial charge in [-0.1, -0.05) is 18.2 Å². The van der Waals surface area contributed by atoms with E-state index in [0.717, 1.165) is 17.1 Å². The second-order valence-electron chi connectivity index (χ2n) is 7.34. The lowest BCUT2D eigenvalue weighted by atomic mass is 9.97. The van der Waals surface area contributed by atoms with E-state index in [1.807, 2.05) is 42.0 Å².